The second-order valence-electron chi connectivity index (χ2n) is 5.28. The average molecular weight is 219 g/mol. The number of H-pyrrole nitrogens is 1. The smallest absolute Gasteiger partial charge is 0.123 e. The van der Waals surface area contributed by atoms with Crippen LogP contribution in [0.1, 0.15) is 50.4 Å². The molecule has 1 N–H and O–H groups in total. The van der Waals surface area contributed by atoms with Crippen molar-refractivity contribution in [2.24, 2.45) is 5.92 Å². The number of nitrogens with one attached hydrogen (secondary N) is 1. The highest BCUT2D eigenvalue weighted by molar-refractivity contribution is 4.98. The molecule has 1 aliphatic heterocycles. The first kappa shape index (κ1) is 10.3. The van der Waals surface area contributed by atoms with Gasteiger partial charge in [0.15, 0.2) is 0 Å². The van der Waals surface area contributed by atoms with Crippen LogP contribution in [0, 0.1) is 5.92 Å². The van der Waals surface area contributed by atoms with Crippen molar-refractivity contribution in [1.82, 2.24) is 14.9 Å². The van der Waals surface area contributed by atoms with Crippen molar-refractivity contribution >= 4 is 0 Å². The van der Waals surface area contributed by atoms with Crippen LogP contribution in [-0.2, 0) is 0 Å². The normalized spacial score (nSPS) is 27.9. The molecule has 0 aromatic carbocycles. The number of rotatable bonds is 3. The lowest BCUT2D eigenvalue weighted by Crippen LogP contribution is -2.39. The zero-order chi connectivity index (χ0) is 10.8. The highest BCUT2D eigenvalue weighted by Gasteiger charge is 2.29. The Morgan fingerprint density at radius 2 is 2.19 bits per heavy atom. The molecule has 16 heavy (non-hydrogen) atoms. The number of hydrogen-bond donors (Lipinski definition) is 1. The van der Waals surface area contributed by atoms with Gasteiger partial charge in [0.1, 0.15) is 5.82 Å². The molecule has 0 radical (unpaired) electrons. The van der Waals surface area contributed by atoms with E-state index in [2.05, 4.69) is 14.9 Å². The highest BCUT2D eigenvalue weighted by Crippen LogP contribution is 2.34. The fraction of sp³-hybridized carbons (Fsp3) is 0.769. The number of hydrogen-bond acceptors (Lipinski definition) is 2. The zero-order valence-electron chi connectivity index (χ0n) is 9.86. The Bertz CT molecular complexity index is 316. The van der Waals surface area contributed by atoms with Gasteiger partial charge in [-0.1, -0.05) is 12.8 Å². The van der Waals surface area contributed by atoms with E-state index in [0.29, 0.717) is 6.04 Å². The van der Waals surface area contributed by atoms with Crippen LogP contribution in [0.2, 0.25) is 0 Å². The van der Waals surface area contributed by atoms with E-state index in [-0.39, 0.29) is 0 Å². The van der Waals surface area contributed by atoms with Crippen LogP contribution in [0.5, 0.6) is 0 Å². The summed E-state index contributed by atoms with van der Waals surface area (Å²) in [5, 5.41) is 0. The van der Waals surface area contributed by atoms with E-state index in [4.69, 9.17) is 0 Å². The molecule has 1 aromatic heterocycles. The number of nitrogens with zero attached hydrogens (tertiary/aromatic N) is 2. The highest BCUT2D eigenvalue weighted by atomic mass is 15.2. The molecule has 1 saturated carbocycles. The summed E-state index contributed by atoms with van der Waals surface area (Å²) in [5.74, 6) is 2.15. The van der Waals surface area contributed by atoms with E-state index < -0.39 is 0 Å². The molecule has 1 atom stereocenters. The Kier molecular flexibility index (Phi) is 2.96. The summed E-state index contributed by atoms with van der Waals surface area (Å²) >= 11 is 0. The first-order chi connectivity index (χ1) is 7.93. The Hall–Kier alpha value is -0.830. The molecule has 3 heteroatoms. The van der Waals surface area contributed by atoms with Crippen LogP contribution in [0.25, 0.3) is 0 Å². The van der Waals surface area contributed by atoms with Gasteiger partial charge in [0.2, 0.25) is 0 Å². The van der Waals surface area contributed by atoms with Gasteiger partial charge in [-0.3, -0.25) is 4.90 Å². The fourth-order valence-corrected chi connectivity index (χ4v) is 2.99. The Morgan fingerprint density at radius 3 is 2.88 bits per heavy atom. The topological polar surface area (TPSA) is 31.9 Å². The van der Waals surface area contributed by atoms with Crippen molar-refractivity contribution in [3.05, 3.63) is 18.2 Å². The number of piperidine rings is 1. The van der Waals surface area contributed by atoms with Crippen molar-refractivity contribution in [1.29, 1.82) is 0 Å². The molecule has 2 heterocycles. The molecule has 2 fully saturated rings. The van der Waals surface area contributed by atoms with E-state index in [1.807, 2.05) is 12.4 Å². The molecule has 1 aliphatic carbocycles. The molecule has 0 amide bonds. The Labute approximate surface area is 97.3 Å². The third kappa shape index (κ3) is 2.01. The summed E-state index contributed by atoms with van der Waals surface area (Å²) < 4.78 is 0. The van der Waals surface area contributed by atoms with Crippen LogP contribution in [0.3, 0.4) is 0 Å². The molecule has 1 unspecified atom stereocenters. The van der Waals surface area contributed by atoms with E-state index in [9.17, 15) is 0 Å². The predicted molar refractivity (Wildman–Crippen MR) is 64.1 cm³/mol. The van der Waals surface area contributed by atoms with Gasteiger partial charge in [-0.15, -0.1) is 0 Å². The van der Waals surface area contributed by atoms with Crippen LogP contribution < -0.4 is 0 Å². The maximum absolute atomic E-state index is 4.44. The second kappa shape index (κ2) is 4.58. The number of aromatic nitrogens is 2. The van der Waals surface area contributed by atoms with E-state index in [1.165, 1.54) is 57.4 Å². The lowest BCUT2D eigenvalue weighted by molar-refractivity contribution is 0.0963. The molecule has 1 saturated heterocycles. The molecular weight excluding hydrogens is 198 g/mol. The standard InChI is InChI=1S/C13H21N3/c1-2-9-16(10-11-4-3-5-11)12(6-1)13-14-7-8-15-13/h7-8,11-12H,1-6,9-10H2,(H,14,15). The first-order valence-electron chi connectivity index (χ1n) is 6.67. The average Bonchev–Trinajstić information content (AvgIpc) is 2.77. The van der Waals surface area contributed by atoms with Gasteiger partial charge in [-0.2, -0.15) is 0 Å². The number of aromatic amines is 1. The monoisotopic (exact) mass is 219 g/mol. The second-order valence-corrected chi connectivity index (χ2v) is 5.28. The molecule has 0 spiro atoms. The fourth-order valence-electron chi connectivity index (χ4n) is 2.99. The SMILES string of the molecule is c1c[nH]c(C2CCCCN2CC2CCC2)n1. The van der Waals surface area contributed by atoms with Crippen LogP contribution in [0.15, 0.2) is 12.4 Å². The maximum atomic E-state index is 4.44. The number of imidazole rings is 1. The molecular formula is C13H21N3. The molecule has 2 aliphatic rings. The van der Waals surface area contributed by atoms with Gasteiger partial charge in [-0.05, 0) is 38.1 Å². The summed E-state index contributed by atoms with van der Waals surface area (Å²) in [6, 6.07) is 0.560. The van der Waals surface area contributed by atoms with E-state index in [0.717, 1.165) is 5.92 Å². The van der Waals surface area contributed by atoms with Crippen molar-refractivity contribution in [3.8, 4) is 0 Å². The van der Waals surface area contributed by atoms with Crippen molar-refractivity contribution in [2.45, 2.75) is 44.6 Å². The van der Waals surface area contributed by atoms with E-state index in [1.54, 1.807) is 0 Å². The third-order valence-electron chi connectivity index (χ3n) is 4.17. The Morgan fingerprint density at radius 1 is 1.25 bits per heavy atom. The molecule has 88 valence electrons. The minimum absolute atomic E-state index is 0.560. The lowest BCUT2D eigenvalue weighted by atomic mass is 9.84. The van der Waals surface area contributed by atoms with Gasteiger partial charge in [0, 0.05) is 18.9 Å². The van der Waals surface area contributed by atoms with Gasteiger partial charge in [-0.25, -0.2) is 4.98 Å². The molecule has 1 aromatic rings. The molecule has 3 nitrogen and oxygen atoms in total. The Balaban J connectivity index is 1.68. The molecule has 3 rings (SSSR count). The summed E-state index contributed by atoms with van der Waals surface area (Å²) in [5.41, 5.74) is 0. The molecule has 0 bridgehead atoms. The summed E-state index contributed by atoms with van der Waals surface area (Å²) in [4.78, 5) is 10.4. The first-order valence-corrected chi connectivity index (χ1v) is 6.67. The summed E-state index contributed by atoms with van der Waals surface area (Å²) in [7, 11) is 0. The van der Waals surface area contributed by atoms with Gasteiger partial charge < -0.3 is 4.98 Å². The van der Waals surface area contributed by atoms with Gasteiger partial charge in [0.25, 0.3) is 0 Å². The quantitative estimate of drug-likeness (QED) is 0.847. The lowest BCUT2D eigenvalue weighted by Gasteiger charge is -2.39. The minimum Gasteiger partial charge on any atom is -0.347 e. The van der Waals surface area contributed by atoms with Crippen molar-refractivity contribution in [2.75, 3.05) is 13.1 Å². The van der Waals surface area contributed by atoms with E-state index >= 15 is 0 Å². The number of likely N-dealkylation sites (tertiary alicyclic amines) is 1. The third-order valence-corrected chi connectivity index (χ3v) is 4.17. The van der Waals surface area contributed by atoms with Gasteiger partial charge >= 0.3 is 0 Å². The van der Waals surface area contributed by atoms with Gasteiger partial charge in [0.05, 0.1) is 6.04 Å². The predicted octanol–water partition coefficient (Wildman–Crippen LogP) is 2.74. The van der Waals surface area contributed by atoms with Crippen LogP contribution in [0.4, 0.5) is 0 Å². The minimum atomic E-state index is 0.560. The maximum Gasteiger partial charge on any atom is 0.123 e. The summed E-state index contributed by atoms with van der Waals surface area (Å²) in [6.45, 7) is 2.56. The van der Waals surface area contributed by atoms with Crippen molar-refractivity contribution < 1.29 is 0 Å². The van der Waals surface area contributed by atoms with Crippen molar-refractivity contribution in [3.63, 3.8) is 0 Å². The summed E-state index contributed by atoms with van der Waals surface area (Å²) in [6.07, 6.45) is 12.2. The van der Waals surface area contributed by atoms with Crippen LogP contribution in [-0.4, -0.2) is 28.0 Å². The van der Waals surface area contributed by atoms with Crippen LogP contribution >= 0.6 is 0 Å². The zero-order valence-corrected chi connectivity index (χ0v) is 9.86. The largest absolute Gasteiger partial charge is 0.347 e.